The molecule has 0 fully saturated rings. The molecule has 2 unspecified atom stereocenters. The van der Waals surface area contributed by atoms with Crippen LogP contribution in [0.15, 0.2) is 182 Å². The number of benzene rings is 8. The van der Waals surface area contributed by atoms with Crippen molar-refractivity contribution in [2.45, 2.75) is 136 Å². The molecule has 0 radical (unpaired) electrons. The van der Waals surface area contributed by atoms with Gasteiger partial charge in [-0.2, -0.15) is 9.13 Å². The van der Waals surface area contributed by atoms with Crippen molar-refractivity contribution in [1.82, 2.24) is 34.3 Å². The molecule has 19 N–H and O–H groups in total. The van der Waals surface area contributed by atoms with E-state index < -0.39 is 149 Å². The van der Waals surface area contributed by atoms with E-state index in [1.54, 1.807) is 48.5 Å². The minimum atomic E-state index is -1.30. The summed E-state index contributed by atoms with van der Waals surface area (Å²) in [6.45, 7) is 6.54. The number of rotatable bonds is 61. The number of hydrogen-bond acceptors (Lipinski definition) is 26. The third kappa shape index (κ3) is 42.2. The first kappa shape index (κ1) is 121. The first-order valence-electron chi connectivity index (χ1n) is 49.5. The van der Waals surface area contributed by atoms with Gasteiger partial charge in [0.25, 0.3) is 0 Å². The number of hydrogen-bond donors (Lipinski definition) is 17. The number of unbranched alkanes of at least 4 members (excludes halogenated alkanes) is 4. The number of anilines is 5. The average molecular weight is 2100 g/mol. The van der Waals surface area contributed by atoms with Gasteiger partial charge in [0.2, 0.25) is 28.3 Å². The Morgan fingerprint density at radius 1 is 0.373 bits per heavy atom. The van der Waals surface area contributed by atoms with Gasteiger partial charge in [0.1, 0.15) is 5.60 Å². The maximum atomic E-state index is 13.0. The van der Waals surface area contributed by atoms with Gasteiger partial charge in [-0.15, -0.1) is 0 Å². The lowest BCUT2D eigenvalue weighted by Gasteiger charge is -2.34. The predicted octanol–water partition coefficient (Wildman–Crippen LogP) is 10.0. The highest BCUT2D eigenvalue weighted by Crippen LogP contribution is 2.37. The van der Waals surface area contributed by atoms with Crippen molar-refractivity contribution < 1.29 is 141 Å². The number of fused-ring (bicyclic) bond motifs is 6. The van der Waals surface area contributed by atoms with Crippen LogP contribution < -0.4 is 41.9 Å². The van der Waals surface area contributed by atoms with Crippen molar-refractivity contribution in [2.24, 2.45) is 0 Å². The summed E-state index contributed by atoms with van der Waals surface area (Å²) < 4.78 is 12.0. The molecule has 0 aliphatic carbocycles. The highest BCUT2D eigenvalue weighted by atomic mass is 32.1. The number of carboxylic acid groups (broad SMARTS) is 10. The summed E-state index contributed by atoms with van der Waals surface area (Å²) in [7, 11) is 8.99. The third-order valence-corrected chi connectivity index (χ3v) is 25.1. The second-order valence-electron chi connectivity index (χ2n) is 39.7. The van der Waals surface area contributed by atoms with Crippen LogP contribution >= 0.6 is 12.8 Å². The fourth-order valence-corrected chi connectivity index (χ4v) is 18.4. The number of carbonyl (C=O) groups is 13. The van der Waals surface area contributed by atoms with Crippen molar-refractivity contribution in [3.8, 4) is 22.5 Å². The summed E-state index contributed by atoms with van der Waals surface area (Å²) in [5.74, 6) is -13.1. The molecule has 2 amide bonds. The number of ether oxygens (including phenoxy) is 1. The van der Waals surface area contributed by atoms with Crippen LogP contribution in [0.25, 0.3) is 65.9 Å². The Morgan fingerprint density at radius 2 is 0.727 bits per heavy atom. The fourth-order valence-electron chi connectivity index (χ4n) is 18.3. The van der Waals surface area contributed by atoms with Gasteiger partial charge in [-0.05, 0) is 181 Å². The van der Waals surface area contributed by atoms with E-state index >= 15 is 0 Å². The Hall–Kier alpha value is -14.6. The molecule has 8 aromatic carbocycles. The summed E-state index contributed by atoms with van der Waals surface area (Å²) in [5, 5.41) is 106. The van der Waals surface area contributed by atoms with Crippen molar-refractivity contribution in [3.63, 3.8) is 0 Å². The lowest BCUT2D eigenvalue weighted by atomic mass is 9.97. The van der Waals surface area contributed by atoms with E-state index in [-0.39, 0.29) is 64.0 Å². The Balaban J connectivity index is 0.000000294. The second kappa shape index (κ2) is 59.0. The number of pyridine rings is 2. The fraction of sp³-hybridized carbons (Fsp3) is 0.417. The zero-order valence-corrected chi connectivity index (χ0v) is 87.2. The van der Waals surface area contributed by atoms with Gasteiger partial charge in [-0.3, -0.25) is 92.3 Å². The van der Waals surface area contributed by atoms with Gasteiger partial charge in [-0.25, -0.2) is 4.79 Å². The van der Waals surface area contributed by atoms with Crippen molar-refractivity contribution >= 4 is 162 Å². The Bertz CT molecular complexity index is 6220. The standard InChI is InChI=1S/C51H64N8O11.C36H47N4O4S.C21H30N4O10/c1-59(2,25-9-21-58-44-28-38(53)16-20-42(44)41-19-15-37(52)27-43(41)51(58)36-10-5-3-6-11-36)24-8-4-7-12-45(60)54-39-17-13-35(14-18-39)26-40(57(33-49(67)68)34-50(69)70)29-55(30-46(61)62)22-23-56(31-47(63)64)32-48(65)66;1-26-17-19-29-30-20-18-28(37-35(42)43-36(2,3)4)25-32(30)39(34(31(29)24-26)27-14-9-7-10-15-27)21-13-23-40(5,6)22-12-8-11-16-33(41)44-38-45;22-15-3-1-14(2-4-15)7-16(25(12-20(32)33)13-21(34)35)8-23(9-17(26)27)5-6-24(10-18(28)29)11-19(30)31/h3,5-6,10-11,13-20,27-28,40,53H,4,7-9,12,21-26,29-34,52H2,1-2H3,(H5-,54,60,61,62,63,64,65,66,67,68,69,70);7,9-10,14-15,17-20,24-25,38,45H,8,11-13,16,21-23H2,1-6H3;1-4,16H,5-13,22H2,(H,26,27)(H,28,29)(H,30,31)(H,32,33)(H,34,35)/q;+1;/p+3. The van der Waals surface area contributed by atoms with Gasteiger partial charge in [0.05, 0.1) is 160 Å². The molecule has 41 nitrogen and oxygen atoms in total. The van der Waals surface area contributed by atoms with Crippen LogP contribution in [0.2, 0.25) is 0 Å². The zero-order chi connectivity index (χ0) is 110. The number of aryl methyl sites for hydroxylation is 3. The molecule has 0 aliphatic rings. The first-order chi connectivity index (χ1) is 71.0. The van der Waals surface area contributed by atoms with Crippen molar-refractivity contribution in [3.05, 3.63) is 199 Å². The number of aromatic nitrogens is 2. The molecule has 0 saturated heterocycles. The van der Waals surface area contributed by atoms with Crippen LogP contribution in [0.3, 0.4) is 0 Å². The highest BCUT2D eigenvalue weighted by Gasteiger charge is 2.34. The lowest BCUT2D eigenvalue weighted by Crippen LogP contribution is -2.51. The molecule has 42 heteroatoms. The number of nitrogen functional groups attached to an aromatic ring is 3. The minimum absolute atomic E-state index is 0.0565. The number of nitrogens with two attached hydrogens (primary N) is 3. The maximum absolute atomic E-state index is 13.0. The van der Waals surface area contributed by atoms with Crippen LogP contribution in [0.5, 0.6) is 0 Å². The number of nitrogens with zero attached hydrogens (tertiary/aromatic N) is 10. The molecule has 0 aliphatic heterocycles. The number of aliphatic carboxylic acids is 10. The molecule has 808 valence electrons. The Kier molecular flexibility index (Phi) is 47.4. The molecule has 10 aromatic rings. The van der Waals surface area contributed by atoms with E-state index in [9.17, 15) is 103 Å². The molecular weight excluding hydrogens is 1950 g/mol. The number of carbonyl (C=O) groups excluding carboxylic acids is 3. The van der Waals surface area contributed by atoms with Gasteiger partial charge < -0.3 is 92.1 Å². The zero-order valence-electron chi connectivity index (χ0n) is 86.3. The summed E-state index contributed by atoms with van der Waals surface area (Å²) in [4.78, 5) is 166. The van der Waals surface area contributed by atoms with Crippen LogP contribution in [0.1, 0.15) is 102 Å². The molecule has 0 bridgehead atoms. The average Bonchev–Trinajstić information content (AvgIpc) is 0.689. The van der Waals surface area contributed by atoms with Gasteiger partial charge in [0.15, 0.2) is 13.1 Å². The highest BCUT2D eigenvalue weighted by molar-refractivity contribution is 7.77. The monoisotopic (exact) mass is 2100 g/mol. The molecule has 0 spiro atoms. The first-order valence-corrected chi connectivity index (χ1v) is 49.9. The van der Waals surface area contributed by atoms with E-state index in [1.165, 1.54) is 41.6 Å². The smallest absolute Gasteiger partial charge is 0.412 e. The van der Waals surface area contributed by atoms with Crippen molar-refractivity contribution in [1.29, 1.82) is 0 Å². The molecule has 2 atom stereocenters. The molecule has 2 heterocycles. The lowest BCUT2D eigenvalue weighted by molar-refractivity contribution is -0.892. The molecule has 10 rings (SSSR count). The number of quaternary nitrogens is 2. The summed E-state index contributed by atoms with van der Waals surface area (Å²) in [6.07, 6.45) is 7.66. The van der Waals surface area contributed by atoms with Crippen LogP contribution in [-0.4, -0.2) is 344 Å². The van der Waals surface area contributed by atoms with Gasteiger partial charge in [-0.1, -0.05) is 102 Å². The quantitative estimate of drug-likeness (QED) is 0.00320. The number of carboxylic acids is 10. The SMILES string of the molecule is C[N+](C)(CCCCCC(=O)Nc1ccc(CC(CN(CCN(CC(=O)O)CC(=O)O)CC(=O)O)N(CC(=O)O)CC(=O)O)cc1)CCC[n+]1c(-c2ccccc2)c2cc(N)ccc2c2ccc(N)cc21.Cc1ccc2c(c1)c(-c1ccccc1)[n+](CCC[N+](C)(C)CCCCCC(=O)ONS)c1cc(NC(=O)OC(C)(C)C)ccc21.Nc1ccc(CC(CN(CCN(CC(=O)O)CC(=O)O)CC(=O)O)N(CC(=O)O)CC(=O)O)cc1. The van der Waals surface area contributed by atoms with E-state index in [4.69, 9.17) is 32.2 Å². The van der Waals surface area contributed by atoms with Crippen LogP contribution in [0, 0.1) is 6.92 Å². The number of nitrogens with one attached hydrogen (secondary N) is 3. The molecule has 0 saturated carbocycles. The summed E-state index contributed by atoms with van der Waals surface area (Å²) >= 11 is 3.70. The normalized spacial score (nSPS) is 12.1. The van der Waals surface area contributed by atoms with E-state index in [2.05, 4.69) is 162 Å². The predicted molar refractivity (Wildman–Crippen MR) is 572 cm³/mol. The van der Waals surface area contributed by atoms with Crippen molar-refractivity contribution in [2.75, 3.05) is 187 Å². The summed E-state index contributed by atoms with van der Waals surface area (Å²) in [5.41, 5.74) is 30.1. The number of amides is 2. The van der Waals surface area contributed by atoms with E-state index in [0.717, 1.165) is 152 Å². The Labute approximate surface area is 876 Å². The number of thiol groups is 1. The maximum Gasteiger partial charge on any atom is 0.412 e. The van der Waals surface area contributed by atoms with Crippen LogP contribution in [-0.2, 0) is 93.0 Å². The minimum Gasteiger partial charge on any atom is -0.480 e. The second-order valence-corrected chi connectivity index (χ2v) is 39.9. The molecule has 150 heavy (non-hydrogen) atoms. The van der Waals surface area contributed by atoms with Gasteiger partial charge in [0, 0.05) is 121 Å². The van der Waals surface area contributed by atoms with E-state index in [0.29, 0.717) is 58.8 Å². The molecule has 2 aromatic heterocycles. The Morgan fingerprint density at radius 3 is 1.15 bits per heavy atom. The third-order valence-electron chi connectivity index (χ3n) is 25.1. The topological polar surface area (TPSA) is 584 Å². The van der Waals surface area contributed by atoms with Crippen LogP contribution in [0.4, 0.5) is 33.2 Å². The summed E-state index contributed by atoms with van der Waals surface area (Å²) in [6, 6.07) is 57.6. The van der Waals surface area contributed by atoms with Gasteiger partial charge >= 0.3 is 71.8 Å². The van der Waals surface area contributed by atoms with E-state index in [1.807, 2.05) is 69.3 Å². The largest absolute Gasteiger partial charge is 0.480 e. The molecular formula is C108H144N16O25S+4.